The largest absolute Gasteiger partial charge is 0.497 e. The van der Waals surface area contributed by atoms with Gasteiger partial charge in [-0.2, -0.15) is 0 Å². The lowest BCUT2D eigenvalue weighted by Crippen LogP contribution is -2.21. The molecule has 0 N–H and O–H groups in total. The maximum absolute atomic E-state index is 12.7. The van der Waals surface area contributed by atoms with E-state index in [1.54, 1.807) is 7.11 Å². The first-order chi connectivity index (χ1) is 14.0. The van der Waals surface area contributed by atoms with Crippen molar-refractivity contribution >= 4 is 21.9 Å². The second-order valence-electron chi connectivity index (χ2n) is 7.42. The van der Waals surface area contributed by atoms with Crippen LogP contribution in [0.3, 0.4) is 0 Å². The van der Waals surface area contributed by atoms with Gasteiger partial charge in [0.15, 0.2) is 6.73 Å². The SMILES string of the molecule is COc1ccc(Cc2ccn(COC(=O)C(c3ccc(Br)cc3)C(C)C)c2)cc1. The number of hydrogen-bond acceptors (Lipinski definition) is 3. The van der Waals surface area contributed by atoms with Gasteiger partial charge in [0.25, 0.3) is 0 Å². The molecule has 0 fully saturated rings. The summed E-state index contributed by atoms with van der Waals surface area (Å²) in [5.41, 5.74) is 3.34. The van der Waals surface area contributed by atoms with Crippen molar-refractivity contribution in [2.24, 2.45) is 5.92 Å². The van der Waals surface area contributed by atoms with Crippen LogP contribution in [0.5, 0.6) is 5.75 Å². The van der Waals surface area contributed by atoms with Crippen molar-refractivity contribution in [3.63, 3.8) is 0 Å². The number of carbonyl (C=O) groups excluding carboxylic acids is 1. The van der Waals surface area contributed by atoms with Gasteiger partial charge in [0.1, 0.15) is 5.75 Å². The summed E-state index contributed by atoms with van der Waals surface area (Å²) in [5.74, 6) is 0.521. The van der Waals surface area contributed by atoms with Gasteiger partial charge in [0.05, 0.1) is 13.0 Å². The summed E-state index contributed by atoms with van der Waals surface area (Å²) in [6.07, 6.45) is 4.77. The van der Waals surface area contributed by atoms with E-state index in [0.717, 1.165) is 22.2 Å². The normalized spacial score (nSPS) is 12.0. The summed E-state index contributed by atoms with van der Waals surface area (Å²) in [6, 6.07) is 17.9. The molecule has 0 bridgehead atoms. The Kier molecular flexibility index (Phi) is 7.15. The predicted octanol–water partition coefficient (Wildman–Crippen LogP) is 5.79. The van der Waals surface area contributed by atoms with Gasteiger partial charge in [-0.1, -0.05) is 54.0 Å². The van der Waals surface area contributed by atoms with Gasteiger partial charge in [0.2, 0.25) is 0 Å². The summed E-state index contributed by atoms with van der Waals surface area (Å²) in [5, 5.41) is 0. The zero-order chi connectivity index (χ0) is 20.8. The van der Waals surface area contributed by atoms with E-state index in [2.05, 4.69) is 28.1 Å². The van der Waals surface area contributed by atoms with Gasteiger partial charge in [-0.3, -0.25) is 4.79 Å². The Hall–Kier alpha value is -2.53. The molecule has 0 saturated heterocycles. The molecule has 29 heavy (non-hydrogen) atoms. The molecule has 0 aliphatic rings. The average Bonchev–Trinajstić information content (AvgIpc) is 3.16. The van der Waals surface area contributed by atoms with Crippen molar-refractivity contribution in [3.05, 3.63) is 88.2 Å². The number of esters is 1. The summed E-state index contributed by atoms with van der Waals surface area (Å²) in [6.45, 7) is 4.29. The third-order valence-corrected chi connectivity index (χ3v) is 5.41. The van der Waals surface area contributed by atoms with E-state index in [4.69, 9.17) is 9.47 Å². The molecule has 1 unspecified atom stereocenters. The Balaban J connectivity index is 1.60. The van der Waals surface area contributed by atoms with E-state index < -0.39 is 0 Å². The fourth-order valence-electron chi connectivity index (χ4n) is 3.35. The second-order valence-corrected chi connectivity index (χ2v) is 8.34. The number of methoxy groups -OCH3 is 1. The molecule has 3 aromatic rings. The standard InChI is InChI=1S/C24H26BrNO3/c1-17(2)23(20-6-8-21(25)9-7-20)24(27)29-16-26-13-12-19(15-26)14-18-4-10-22(28-3)11-5-18/h4-13,15,17,23H,14,16H2,1-3H3. The van der Waals surface area contributed by atoms with Gasteiger partial charge in [-0.05, 0) is 59.4 Å². The molecule has 4 nitrogen and oxygen atoms in total. The maximum atomic E-state index is 12.7. The molecule has 0 aliphatic carbocycles. The lowest BCUT2D eigenvalue weighted by atomic mass is 9.88. The van der Waals surface area contributed by atoms with Crippen LogP contribution in [0, 0.1) is 5.92 Å². The number of aromatic nitrogens is 1. The molecule has 2 aromatic carbocycles. The molecule has 0 amide bonds. The number of nitrogens with zero attached hydrogens (tertiary/aromatic N) is 1. The van der Waals surface area contributed by atoms with Crippen molar-refractivity contribution in [3.8, 4) is 5.75 Å². The zero-order valence-corrected chi connectivity index (χ0v) is 18.6. The average molecular weight is 456 g/mol. The summed E-state index contributed by atoms with van der Waals surface area (Å²) in [4.78, 5) is 12.7. The monoisotopic (exact) mass is 455 g/mol. The zero-order valence-electron chi connectivity index (χ0n) is 17.0. The fraction of sp³-hybridized carbons (Fsp3) is 0.292. The van der Waals surface area contributed by atoms with Crippen LogP contribution >= 0.6 is 15.9 Å². The van der Waals surface area contributed by atoms with Crippen LogP contribution < -0.4 is 4.74 Å². The first-order valence-electron chi connectivity index (χ1n) is 9.66. The van der Waals surface area contributed by atoms with E-state index >= 15 is 0 Å². The van der Waals surface area contributed by atoms with Gasteiger partial charge in [-0.15, -0.1) is 0 Å². The number of benzene rings is 2. The summed E-state index contributed by atoms with van der Waals surface area (Å²) < 4.78 is 13.7. The Morgan fingerprint density at radius 2 is 1.69 bits per heavy atom. The first-order valence-corrected chi connectivity index (χ1v) is 10.4. The van der Waals surface area contributed by atoms with Crippen LogP contribution in [0.25, 0.3) is 0 Å². The van der Waals surface area contributed by atoms with Crippen molar-refractivity contribution in [1.29, 1.82) is 0 Å². The Morgan fingerprint density at radius 3 is 2.31 bits per heavy atom. The quantitative estimate of drug-likeness (QED) is 0.403. The molecule has 0 spiro atoms. The molecule has 0 saturated carbocycles. The van der Waals surface area contributed by atoms with E-state index in [1.807, 2.05) is 73.3 Å². The van der Waals surface area contributed by atoms with Crippen LogP contribution in [-0.2, 0) is 22.7 Å². The van der Waals surface area contributed by atoms with Crippen LogP contribution in [-0.4, -0.2) is 17.6 Å². The van der Waals surface area contributed by atoms with Gasteiger partial charge in [0, 0.05) is 16.9 Å². The third kappa shape index (κ3) is 5.73. The summed E-state index contributed by atoms with van der Waals surface area (Å²) >= 11 is 3.44. The van der Waals surface area contributed by atoms with E-state index in [9.17, 15) is 4.79 Å². The van der Waals surface area contributed by atoms with Crippen LogP contribution in [0.2, 0.25) is 0 Å². The van der Waals surface area contributed by atoms with Gasteiger partial charge < -0.3 is 14.0 Å². The third-order valence-electron chi connectivity index (χ3n) is 4.88. The van der Waals surface area contributed by atoms with Crippen LogP contribution in [0.1, 0.15) is 36.5 Å². The maximum Gasteiger partial charge on any atom is 0.315 e. The fourth-order valence-corrected chi connectivity index (χ4v) is 3.61. The molecule has 1 aromatic heterocycles. The lowest BCUT2D eigenvalue weighted by Gasteiger charge is -2.20. The Labute approximate surface area is 180 Å². The highest BCUT2D eigenvalue weighted by Crippen LogP contribution is 2.27. The topological polar surface area (TPSA) is 40.5 Å². The van der Waals surface area contributed by atoms with Gasteiger partial charge >= 0.3 is 5.97 Å². The number of ether oxygens (including phenoxy) is 2. The van der Waals surface area contributed by atoms with Crippen molar-refractivity contribution in [1.82, 2.24) is 4.57 Å². The highest BCUT2D eigenvalue weighted by atomic mass is 79.9. The Bertz CT molecular complexity index is 930. The van der Waals surface area contributed by atoms with E-state index in [0.29, 0.717) is 0 Å². The number of hydrogen-bond donors (Lipinski definition) is 0. The molecule has 5 heteroatoms. The molecular formula is C24H26BrNO3. The minimum Gasteiger partial charge on any atom is -0.497 e. The van der Waals surface area contributed by atoms with E-state index in [-0.39, 0.29) is 24.5 Å². The highest BCUT2D eigenvalue weighted by molar-refractivity contribution is 9.10. The minimum atomic E-state index is -0.280. The van der Waals surface area contributed by atoms with Gasteiger partial charge in [-0.25, -0.2) is 0 Å². The summed E-state index contributed by atoms with van der Waals surface area (Å²) in [7, 11) is 1.66. The predicted molar refractivity (Wildman–Crippen MR) is 118 cm³/mol. The number of rotatable bonds is 8. The van der Waals surface area contributed by atoms with Crippen molar-refractivity contribution < 1.29 is 14.3 Å². The van der Waals surface area contributed by atoms with E-state index in [1.165, 1.54) is 11.1 Å². The van der Waals surface area contributed by atoms with Crippen molar-refractivity contribution in [2.75, 3.05) is 7.11 Å². The Morgan fingerprint density at radius 1 is 1.00 bits per heavy atom. The number of halogens is 1. The number of carbonyl (C=O) groups is 1. The highest BCUT2D eigenvalue weighted by Gasteiger charge is 2.25. The minimum absolute atomic E-state index is 0.152. The molecule has 0 radical (unpaired) electrons. The molecule has 3 rings (SSSR count). The molecule has 1 atom stereocenters. The van der Waals surface area contributed by atoms with Crippen LogP contribution in [0.15, 0.2) is 71.5 Å². The van der Waals surface area contributed by atoms with Crippen molar-refractivity contribution in [2.45, 2.75) is 32.9 Å². The second kappa shape index (κ2) is 9.79. The molecule has 0 aliphatic heterocycles. The molecular weight excluding hydrogens is 430 g/mol. The van der Waals surface area contributed by atoms with Crippen LogP contribution in [0.4, 0.5) is 0 Å². The first kappa shape index (κ1) is 21.2. The molecule has 1 heterocycles. The molecule has 152 valence electrons. The smallest absolute Gasteiger partial charge is 0.315 e. The lowest BCUT2D eigenvalue weighted by molar-refractivity contribution is -0.150.